The summed E-state index contributed by atoms with van der Waals surface area (Å²) < 4.78 is 11.5. The smallest absolute Gasteiger partial charge is 0.313 e. The van der Waals surface area contributed by atoms with Crippen LogP contribution in [0.4, 0.5) is 0 Å². The van der Waals surface area contributed by atoms with Crippen molar-refractivity contribution in [1.82, 2.24) is 4.57 Å². The third-order valence-corrected chi connectivity index (χ3v) is 3.03. The van der Waals surface area contributed by atoms with Crippen LogP contribution in [0.1, 0.15) is 16.8 Å². The number of hydrogen-bond acceptors (Lipinski definition) is 4. The molecule has 0 atom stereocenters. The molecule has 0 unspecified atom stereocenters. The molecule has 0 saturated carbocycles. The Kier molecular flexibility index (Phi) is 3.55. The predicted molar refractivity (Wildman–Crippen MR) is 70.4 cm³/mol. The van der Waals surface area contributed by atoms with Gasteiger partial charge in [0.2, 0.25) is 0 Å². The maximum atomic E-state index is 12.1. The minimum absolute atomic E-state index is 0.248. The number of aryl methyl sites for hydroxylation is 1. The van der Waals surface area contributed by atoms with Gasteiger partial charge >= 0.3 is 5.97 Å². The molecule has 2 aromatic rings. The molecule has 5 heteroatoms. The lowest BCUT2D eigenvalue weighted by atomic mass is 10.1. The molecule has 0 aliphatic rings. The number of hydrogen-bond donors (Lipinski definition) is 0. The van der Waals surface area contributed by atoms with Crippen LogP contribution < -0.4 is 4.74 Å². The first-order chi connectivity index (χ1) is 9.06. The van der Waals surface area contributed by atoms with Crippen molar-refractivity contribution in [1.29, 1.82) is 0 Å². The Morgan fingerprint density at radius 1 is 1.26 bits per heavy atom. The first-order valence-corrected chi connectivity index (χ1v) is 5.80. The molecule has 0 aliphatic carbocycles. The number of ether oxygens (including phenoxy) is 2. The van der Waals surface area contributed by atoms with E-state index in [2.05, 4.69) is 4.74 Å². The second-order valence-corrected chi connectivity index (χ2v) is 4.21. The Hall–Kier alpha value is -2.30. The van der Waals surface area contributed by atoms with Gasteiger partial charge in [-0.25, -0.2) is 0 Å². The second-order valence-electron chi connectivity index (χ2n) is 4.21. The van der Waals surface area contributed by atoms with Crippen LogP contribution in [0.15, 0.2) is 24.4 Å². The van der Waals surface area contributed by atoms with Crippen molar-refractivity contribution < 1.29 is 19.1 Å². The van der Waals surface area contributed by atoms with Crippen LogP contribution in [-0.2, 0) is 16.6 Å². The van der Waals surface area contributed by atoms with E-state index in [1.807, 2.05) is 23.7 Å². The maximum absolute atomic E-state index is 12.1. The normalized spacial score (nSPS) is 10.5. The van der Waals surface area contributed by atoms with Crippen LogP contribution in [0.5, 0.6) is 5.75 Å². The number of benzene rings is 1. The molecule has 0 N–H and O–H groups in total. The highest BCUT2D eigenvalue weighted by Crippen LogP contribution is 2.26. The van der Waals surface area contributed by atoms with Crippen LogP contribution in [0.25, 0.3) is 10.9 Å². The van der Waals surface area contributed by atoms with Crippen molar-refractivity contribution in [3.8, 4) is 5.75 Å². The summed E-state index contributed by atoms with van der Waals surface area (Å²) in [6, 6.07) is 5.46. The average molecular weight is 261 g/mol. The maximum Gasteiger partial charge on any atom is 0.313 e. The predicted octanol–water partition coefficient (Wildman–Crippen LogP) is 1.93. The number of esters is 1. The highest BCUT2D eigenvalue weighted by molar-refractivity contribution is 6.13. The molecule has 100 valence electrons. The van der Waals surface area contributed by atoms with E-state index in [1.165, 1.54) is 7.11 Å². The molecule has 1 aromatic carbocycles. The van der Waals surface area contributed by atoms with E-state index in [1.54, 1.807) is 19.4 Å². The lowest BCUT2D eigenvalue weighted by Gasteiger charge is -2.01. The number of methoxy groups -OCH3 is 2. The second kappa shape index (κ2) is 5.14. The Morgan fingerprint density at radius 2 is 2.00 bits per heavy atom. The van der Waals surface area contributed by atoms with E-state index >= 15 is 0 Å². The summed E-state index contributed by atoms with van der Waals surface area (Å²) in [5, 5.41) is 0.803. The zero-order valence-corrected chi connectivity index (χ0v) is 11.1. The number of rotatable bonds is 4. The molecular formula is C14H15NO4. The SMILES string of the molecule is COC(=O)CC(=O)c1cn(C)c2cc(OC)ccc12. The molecule has 0 radical (unpaired) electrons. The Bertz CT molecular complexity index is 642. The summed E-state index contributed by atoms with van der Waals surface area (Å²) in [5.41, 5.74) is 1.40. The Labute approximate surface area is 110 Å². The third kappa shape index (κ3) is 2.45. The number of Topliss-reactive ketones (excluding diaryl/α,β-unsaturated/α-hetero) is 1. The van der Waals surface area contributed by atoms with Crippen LogP contribution >= 0.6 is 0 Å². The Morgan fingerprint density at radius 3 is 2.63 bits per heavy atom. The van der Waals surface area contributed by atoms with Gasteiger partial charge < -0.3 is 14.0 Å². The molecule has 0 amide bonds. The van der Waals surface area contributed by atoms with E-state index in [-0.39, 0.29) is 12.2 Å². The van der Waals surface area contributed by atoms with E-state index in [0.29, 0.717) is 5.56 Å². The van der Waals surface area contributed by atoms with Crippen LogP contribution in [0, 0.1) is 0 Å². The van der Waals surface area contributed by atoms with E-state index < -0.39 is 5.97 Å². The Balaban J connectivity index is 2.45. The minimum atomic E-state index is -0.532. The van der Waals surface area contributed by atoms with Gasteiger partial charge in [-0.1, -0.05) is 0 Å². The molecule has 19 heavy (non-hydrogen) atoms. The fraction of sp³-hybridized carbons (Fsp3) is 0.286. The van der Waals surface area contributed by atoms with Crippen molar-refractivity contribution >= 4 is 22.7 Å². The van der Waals surface area contributed by atoms with E-state index in [0.717, 1.165) is 16.7 Å². The molecule has 1 heterocycles. The van der Waals surface area contributed by atoms with E-state index in [9.17, 15) is 9.59 Å². The largest absolute Gasteiger partial charge is 0.497 e. The summed E-state index contributed by atoms with van der Waals surface area (Å²) in [6.45, 7) is 0. The first-order valence-electron chi connectivity index (χ1n) is 5.80. The van der Waals surface area contributed by atoms with Gasteiger partial charge in [0.15, 0.2) is 5.78 Å². The lowest BCUT2D eigenvalue weighted by Crippen LogP contribution is -2.09. The minimum Gasteiger partial charge on any atom is -0.497 e. The number of ketones is 1. The number of carbonyl (C=O) groups is 2. The van der Waals surface area contributed by atoms with Crippen LogP contribution in [0.2, 0.25) is 0 Å². The van der Waals surface area contributed by atoms with Crippen molar-refractivity contribution in [2.75, 3.05) is 14.2 Å². The molecular weight excluding hydrogens is 246 g/mol. The van der Waals surface area contributed by atoms with Gasteiger partial charge in [-0.15, -0.1) is 0 Å². The van der Waals surface area contributed by atoms with Gasteiger partial charge in [0.25, 0.3) is 0 Å². The van der Waals surface area contributed by atoms with E-state index in [4.69, 9.17) is 4.74 Å². The third-order valence-electron chi connectivity index (χ3n) is 3.03. The van der Waals surface area contributed by atoms with Crippen molar-refractivity contribution in [3.63, 3.8) is 0 Å². The highest BCUT2D eigenvalue weighted by Gasteiger charge is 2.17. The monoisotopic (exact) mass is 261 g/mol. The summed E-state index contributed by atoms with van der Waals surface area (Å²) in [6.07, 6.45) is 1.47. The highest BCUT2D eigenvalue weighted by atomic mass is 16.5. The summed E-state index contributed by atoms with van der Waals surface area (Å²) in [7, 11) is 4.70. The molecule has 0 saturated heterocycles. The molecule has 0 bridgehead atoms. The van der Waals surface area contributed by atoms with Gasteiger partial charge in [0.1, 0.15) is 12.2 Å². The standard InChI is InChI=1S/C14H15NO4/c1-15-8-11(13(16)7-14(17)19-3)10-5-4-9(18-2)6-12(10)15/h4-6,8H,7H2,1-3H3. The van der Waals surface area contributed by atoms with Crippen LogP contribution in [0.3, 0.4) is 0 Å². The summed E-state index contributed by atoms with van der Waals surface area (Å²) >= 11 is 0. The summed E-state index contributed by atoms with van der Waals surface area (Å²) in [5.74, 6) is -0.0567. The number of aromatic nitrogens is 1. The van der Waals surface area contributed by atoms with Gasteiger partial charge in [-0.3, -0.25) is 9.59 Å². The fourth-order valence-corrected chi connectivity index (χ4v) is 2.01. The zero-order chi connectivity index (χ0) is 14.0. The van der Waals surface area contributed by atoms with Gasteiger partial charge in [0.05, 0.1) is 19.7 Å². The fourth-order valence-electron chi connectivity index (χ4n) is 2.01. The van der Waals surface area contributed by atoms with Crippen molar-refractivity contribution in [3.05, 3.63) is 30.0 Å². The molecule has 0 fully saturated rings. The first kappa shape index (κ1) is 13.1. The van der Waals surface area contributed by atoms with Crippen molar-refractivity contribution in [2.45, 2.75) is 6.42 Å². The van der Waals surface area contributed by atoms with Gasteiger partial charge in [-0.2, -0.15) is 0 Å². The topological polar surface area (TPSA) is 57.5 Å². The van der Waals surface area contributed by atoms with Gasteiger partial charge in [0, 0.05) is 30.3 Å². The lowest BCUT2D eigenvalue weighted by molar-refractivity contribution is -0.139. The quantitative estimate of drug-likeness (QED) is 0.479. The van der Waals surface area contributed by atoms with Gasteiger partial charge in [-0.05, 0) is 12.1 Å². The molecule has 5 nitrogen and oxygen atoms in total. The molecule has 0 aliphatic heterocycles. The van der Waals surface area contributed by atoms with Crippen molar-refractivity contribution in [2.24, 2.45) is 7.05 Å². The molecule has 0 spiro atoms. The average Bonchev–Trinajstić information content (AvgIpc) is 2.75. The summed E-state index contributed by atoms with van der Waals surface area (Å²) in [4.78, 5) is 23.2. The zero-order valence-electron chi connectivity index (χ0n) is 11.1. The number of carbonyl (C=O) groups excluding carboxylic acids is 2. The molecule has 2 rings (SSSR count). The number of fused-ring (bicyclic) bond motifs is 1. The number of nitrogens with zero attached hydrogens (tertiary/aromatic N) is 1. The molecule has 1 aromatic heterocycles. The van der Waals surface area contributed by atoms with Crippen LogP contribution in [-0.4, -0.2) is 30.5 Å².